The number of carbonyl (C=O) groups is 3. The van der Waals surface area contributed by atoms with E-state index in [2.05, 4.69) is 4.74 Å². The van der Waals surface area contributed by atoms with Gasteiger partial charge in [-0.2, -0.15) is 0 Å². The van der Waals surface area contributed by atoms with Crippen LogP contribution in [0.2, 0.25) is 0 Å². The number of para-hydroxylation sites is 2. The molecular weight excluding hydrogens is 380 g/mol. The quantitative estimate of drug-likeness (QED) is 0.566. The standard InChI is InChI=1S/C20H20N2O5S/c1-12-9-14(13(2)22(12)15-7-5-6-8-16(15)26-3)10-17-19(24)21(20(25)28-17)11-18(23)27-4/h5-10H,11H2,1-4H3/b17-10-. The zero-order valence-corrected chi connectivity index (χ0v) is 16.8. The third kappa shape index (κ3) is 3.55. The largest absolute Gasteiger partial charge is 0.495 e. The second-order valence-corrected chi connectivity index (χ2v) is 7.17. The molecule has 2 heterocycles. The van der Waals surface area contributed by atoms with Gasteiger partial charge in [-0.25, -0.2) is 0 Å². The minimum Gasteiger partial charge on any atom is -0.495 e. The van der Waals surface area contributed by atoms with Crippen LogP contribution in [0.3, 0.4) is 0 Å². The van der Waals surface area contributed by atoms with Crippen LogP contribution in [0.25, 0.3) is 11.8 Å². The van der Waals surface area contributed by atoms with E-state index in [4.69, 9.17) is 4.74 Å². The molecule has 0 radical (unpaired) electrons. The molecule has 0 atom stereocenters. The number of ether oxygens (including phenoxy) is 2. The summed E-state index contributed by atoms with van der Waals surface area (Å²) in [6.45, 7) is 3.50. The molecule has 1 aromatic carbocycles. The van der Waals surface area contributed by atoms with Crippen LogP contribution in [-0.4, -0.2) is 47.3 Å². The zero-order valence-electron chi connectivity index (χ0n) is 16.0. The summed E-state index contributed by atoms with van der Waals surface area (Å²) >= 11 is 0.813. The van der Waals surface area contributed by atoms with Gasteiger partial charge in [-0.3, -0.25) is 19.3 Å². The third-order valence-corrected chi connectivity index (χ3v) is 5.38. The number of esters is 1. The van der Waals surface area contributed by atoms with Crippen LogP contribution >= 0.6 is 11.8 Å². The smallest absolute Gasteiger partial charge is 0.325 e. The Balaban J connectivity index is 1.97. The monoisotopic (exact) mass is 400 g/mol. The first-order chi connectivity index (χ1) is 13.4. The highest BCUT2D eigenvalue weighted by atomic mass is 32.2. The van der Waals surface area contributed by atoms with Crippen LogP contribution in [-0.2, 0) is 14.3 Å². The summed E-state index contributed by atoms with van der Waals surface area (Å²) in [6.07, 6.45) is 1.68. The molecule has 0 bridgehead atoms. The Kier molecular flexibility index (Phi) is 5.60. The summed E-state index contributed by atoms with van der Waals surface area (Å²) in [5.41, 5.74) is 3.56. The molecule has 8 heteroatoms. The van der Waals surface area contributed by atoms with Crippen molar-refractivity contribution in [2.75, 3.05) is 20.8 Å². The van der Waals surface area contributed by atoms with E-state index in [1.807, 2.05) is 48.7 Å². The van der Waals surface area contributed by atoms with E-state index in [0.29, 0.717) is 0 Å². The number of thioether (sulfide) groups is 1. The van der Waals surface area contributed by atoms with Crippen molar-refractivity contribution in [2.45, 2.75) is 13.8 Å². The Morgan fingerprint density at radius 3 is 2.57 bits per heavy atom. The number of imide groups is 1. The lowest BCUT2D eigenvalue weighted by Gasteiger charge is -2.13. The van der Waals surface area contributed by atoms with Gasteiger partial charge in [0.25, 0.3) is 11.1 Å². The molecule has 3 rings (SSSR count). The maximum Gasteiger partial charge on any atom is 0.325 e. The molecule has 1 aliphatic heterocycles. The minimum atomic E-state index is -0.641. The van der Waals surface area contributed by atoms with Crippen LogP contribution in [0, 0.1) is 13.8 Å². The normalized spacial score (nSPS) is 15.4. The second kappa shape index (κ2) is 7.93. The molecule has 28 heavy (non-hydrogen) atoms. The number of aromatic nitrogens is 1. The van der Waals surface area contributed by atoms with E-state index >= 15 is 0 Å². The van der Waals surface area contributed by atoms with Gasteiger partial charge in [0.15, 0.2) is 0 Å². The summed E-state index contributed by atoms with van der Waals surface area (Å²) in [4.78, 5) is 37.2. The van der Waals surface area contributed by atoms with Crippen molar-refractivity contribution in [3.8, 4) is 11.4 Å². The van der Waals surface area contributed by atoms with Gasteiger partial charge in [0.1, 0.15) is 12.3 Å². The lowest BCUT2D eigenvalue weighted by Crippen LogP contribution is -2.34. The highest BCUT2D eigenvalue weighted by Crippen LogP contribution is 2.34. The fourth-order valence-corrected chi connectivity index (χ4v) is 3.92. The number of nitrogens with zero attached hydrogens (tertiary/aromatic N) is 2. The van der Waals surface area contributed by atoms with Crippen molar-refractivity contribution in [1.29, 1.82) is 0 Å². The lowest BCUT2D eigenvalue weighted by molar-refractivity contribution is -0.143. The maximum atomic E-state index is 12.5. The minimum absolute atomic E-state index is 0.272. The third-order valence-electron chi connectivity index (χ3n) is 4.47. The zero-order chi connectivity index (χ0) is 20.4. The van der Waals surface area contributed by atoms with Crippen LogP contribution in [0.4, 0.5) is 4.79 Å². The van der Waals surface area contributed by atoms with Gasteiger partial charge in [0.05, 0.1) is 24.8 Å². The molecule has 1 saturated heterocycles. The second-order valence-electron chi connectivity index (χ2n) is 6.18. The van der Waals surface area contributed by atoms with E-state index in [9.17, 15) is 14.4 Å². The summed E-state index contributed by atoms with van der Waals surface area (Å²) in [5.74, 6) is -0.408. The van der Waals surface area contributed by atoms with Crippen molar-refractivity contribution >= 4 is 35.0 Å². The Labute approximate surface area is 166 Å². The highest BCUT2D eigenvalue weighted by molar-refractivity contribution is 8.18. The van der Waals surface area contributed by atoms with Crippen LogP contribution in [0.15, 0.2) is 35.2 Å². The molecular formula is C20H20N2O5S. The Morgan fingerprint density at radius 2 is 1.89 bits per heavy atom. The van der Waals surface area contributed by atoms with E-state index < -0.39 is 23.7 Å². The Morgan fingerprint density at radius 1 is 1.18 bits per heavy atom. The molecule has 0 saturated carbocycles. The predicted molar refractivity (Wildman–Crippen MR) is 106 cm³/mol. The first kappa shape index (κ1) is 19.8. The van der Waals surface area contributed by atoms with Gasteiger partial charge < -0.3 is 14.0 Å². The highest BCUT2D eigenvalue weighted by Gasteiger charge is 2.36. The molecule has 1 fully saturated rings. The predicted octanol–water partition coefficient (Wildman–Crippen LogP) is 3.31. The Hall–Kier alpha value is -3.00. The molecule has 1 aliphatic rings. The fourth-order valence-electron chi connectivity index (χ4n) is 3.09. The number of hydrogen-bond donors (Lipinski definition) is 0. The average Bonchev–Trinajstić information content (AvgIpc) is 3.11. The molecule has 0 N–H and O–H groups in total. The average molecular weight is 400 g/mol. The number of methoxy groups -OCH3 is 2. The van der Waals surface area contributed by atoms with Crippen molar-refractivity contribution in [1.82, 2.24) is 9.47 Å². The Bertz CT molecular complexity index is 992. The number of aryl methyl sites for hydroxylation is 1. The lowest BCUT2D eigenvalue weighted by atomic mass is 10.2. The van der Waals surface area contributed by atoms with E-state index in [1.54, 1.807) is 13.2 Å². The first-order valence-electron chi connectivity index (χ1n) is 8.52. The van der Waals surface area contributed by atoms with Crippen LogP contribution in [0.1, 0.15) is 17.0 Å². The topological polar surface area (TPSA) is 77.8 Å². The van der Waals surface area contributed by atoms with Crippen molar-refractivity contribution in [2.24, 2.45) is 0 Å². The van der Waals surface area contributed by atoms with Gasteiger partial charge in [-0.1, -0.05) is 12.1 Å². The summed E-state index contributed by atoms with van der Waals surface area (Å²) in [6, 6.07) is 9.60. The van der Waals surface area contributed by atoms with Crippen molar-refractivity contribution in [3.63, 3.8) is 0 Å². The summed E-state index contributed by atoms with van der Waals surface area (Å²) in [5, 5.41) is -0.486. The fraction of sp³-hybridized carbons (Fsp3) is 0.250. The van der Waals surface area contributed by atoms with Gasteiger partial charge in [-0.15, -0.1) is 0 Å². The van der Waals surface area contributed by atoms with Gasteiger partial charge in [-0.05, 0) is 55.4 Å². The number of benzene rings is 1. The number of carbonyl (C=O) groups excluding carboxylic acids is 3. The summed E-state index contributed by atoms with van der Waals surface area (Å²) in [7, 11) is 2.83. The summed E-state index contributed by atoms with van der Waals surface area (Å²) < 4.78 is 12.0. The van der Waals surface area contributed by atoms with Crippen LogP contribution in [0.5, 0.6) is 5.75 Å². The molecule has 1 aromatic heterocycles. The van der Waals surface area contributed by atoms with Gasteiger partial charge in [0.2, 0.25) is 0 Å². The van der Waals surface area contributed by atoms with E-state index in [-0.39, 0.29) is 4.91 Å². The molecule has 2 aromatic rings. The number of rotatable bonds is 5. The van der Waals surface area contributed by atoms with Gasteiger partial charge in [0, 0.05) is 11.4 Å². The maximum absolute atomic E-state index is 12.5. The SMILES string of the molecule is COC(=O)CN1C(=O)S/C(=C\c2cc(C)n(-c3ccccc3OC)c2C)C1=O. The van der Waals surface area contributed by atoms with Crippen LogP contribution < -0.4 is 4.74 Å². The molecule has 146 valence electrons. The number of amides is 2. The van der Waals surface area contributed by atoms with Crippen molar-refractivity contribution in [3.05, 3.63) is 52.2 Å². The molecule has 0 unspecified atom stereocenters. The van der Waals surface area contributed by atoms with Gasteiger partial charge >= 0.3 is 5.97 Å². The van der Waals surface area contributed by atoms with Crippen molar-refractivity contribution < 1.29 is 23.9 Å². The molecule has 2 amide bonds. The molecule has 0 aliphatic carbocycles. The van der Waals surface area contributed by atoms with E-state index in [0.717, 1.165) is 45.1 Å². The number of hydrogen-bond acceptors (Lipinski definition) is 6. The molecule has 7 nitrogen and oxygen atoms in total. The first-order valence-corrected chi connectivity index (χ1v) is 9.33. The van der Waals surface area contributed by atoms with E-state index in [1.165, 1.54) is 7.11 Å². The molecule has 0 spiro atoms.